The molecule has 1 aromatic rings. The highest BCUT2D eigenvalue weighted by molar-refractivity contribution is 4.83. The van der Waals surface area contributed by atoms with Crippen molar-refractivity contribution in [1.29, 1.82) is 0 Å². The Labute approximate surface area is 65.3 Å². The summed E-state index contributed by atoms with van der Waals surface area (Å²) in [5.41, 5.74) is 0. The van der Waals surface area contributed by atoms with E-state index in [-0.39, 0.29) is 24.0 Å². The molecule has 3 heteroatoms. The Morgan fingerprint density at radius 2 is 1.50 bits per heavy atom. The molecule has 2 nitrogen and oxygen atoms in total. The second-order valence-corrected chi connectivity index (χ2v) is 1.32. The molecule has 44 valence electrons. The minimum atomic E-state index is 0. The molecule has 0 saturated heterocycles. The van der Waals surface area contributed by atoms with Gasteiger partial charge in [-0.05, 0) is 0 Å². The quantitative estimate of drug-likeness (QED) is 0.278. The van der Waals surface area contributed by atoms with Crippen molar-refractivity contribution in [2.24, 2.45) is 0 Å². The van der Waals surface area contributed by atoms with Gasteiger partial charge in [-0.2, -0.15) is 0 Å². The van der Waals surface area contributed by atoms with Crippen molar-refractivity contribution in [3.05, 3.63) is 30.6 Å². The highest BCUT2D eigenvalue weighted by atomic mass is 127. The molecule has 1 rings (SSSR count). The number of pyridine rings is 1. The molecular weight excluding hydrogens is 215 g/mol. The van der Waals surface area contributed by atoms with Crippen LogP contribution >= 0.6 is 0 Å². The number of nitrogen functional groups attached to an aromatic ring is 1. The normalized spacial score (nSPS) is 7.50. The molecule has 0 fully saturated rings. The second-order valence-electron chi connectivity index (χ2n) is 1.32. The molecule has 0 radical (unpaired) electrons. The van der Waals surface area contributed by atoms with E-state index in [0.717, 1.165) is 0 Å². The Morgan fingerprint density at radius 1 is 1.00 bits per heavy atom. The summed E-state index contributed by atoms with van der Waals surface area (Å²) in [6.45, 7) is 0. The first kappa shape index (κ1) is 7.68. The van der Waals surface area contributed by atoms with Gasteiger partial charge in [0.1, 0.15) is 0 Å². The fourth-order valence-electron chi connectivity index (χ4n) is 0.412. The first-order valence-corrected chi connectivity index (χ1v) is 2.11. The first-order valence-electron chi connectivity index (χ1n) is 2.11. The maximum absolute atomic E-state index is 5.27. The highest BCUT2D eigenvalue weighted by Crippen LogP contribution is 1.70. The van der Waals surface area contributed by atoms with Gasteiger partial charge in [0, 0.05) is 12.1 Å². The lowest BCUT2D eigenvalue weighted by atomic mass is 10.5. The molecule has 0 unspecified atom stereocenters. The minimum Gasteiger partial charge on any atom is -1.00 e. The fourth-order valence-corrected chi connectivity index (χ4v) is 0.412. The standard InChI is InChI=1S/C5H7N2.HI/c6-7-4-2-1-3-5-7;/h1-5H,6H2;1H/q+1;/p-1. The molecule has 0 bridgehead atoms. The second kappa shape index (κ2) is 3.65. The van der Waals surface area contributed by atoms with Crippen molar-refractivity contribution in [3.8, 4) is 0 Å². The SMILES string of the molecule is N[n+]1ccccc1.[I-]. The third-order valence-corrected chi connectivity index (χ3v) is 0.739. The average molecular weight is 222 g/mol. The molecule has 0 aliphatic rings. The van der Waals surface area contributed by atoms with Gasteiger partial charge in [-0.3, -0.25) is 0 Å². The van der Waals surface area contributed by atoms with Crippen molar-refractivity contribution in [1.82, 2.24) is 0 Å². The van der Waals surface area contributed by atoms with E-state index in [0.29, 0.717) is 0 Å². The van der Waals surface area contributed by atoms with Gasteiger partial charge in [-0.15, -0.1) is 0 Å². The molecule has 1 aromatic heterocycles. The lowest BCUT2D eigenvalue weighted by molar-refractivity contribution is -0.638. The Morgan fingerprint density at radius 3 is 1.75 bits per heavy atom. The number of nitrogens with two attached hydrogens (primary N) is 1. The fraction of sp³-hybridized carbons (Fsp3) is 0. The van der Waals surface area contributed by atoms with Crippen molar-refractivity contribution in [2.75, 3.05) is 5.84 Å². The number of halogens is 1. The Kier molecular flexibility index (Phi) is 3.51. The van der Waals surface area contributed by atoms with Crippen LogP contribution in [0.25, 0.3) is 0 Å². The summed E-state index contributed by atoms with van der Waals surface area (Å²) in [6, 6.07) is 5.67. The van der Waals surface area contributed by atoms with Crippen LogP contribution < -0.4 is 34.5 Å². The van der Waals surface area contributed by atoms with Crippen molar-refractivity contribution < 1.29 is 28.7 Å². The predicted molar refractivity (Wildman–Crippen MR) is 26.8 cm³/mol. The van der Waals surface area contributed by atoms with E-state index >= 15 is 0 Å². The van der Waals surface area contributed by atoms with Gasteiger partial charge >= 0.3 is 0 Å². The van der Waals surface area contributed by atoms with Crippen LogP contribution in [-0.4, -0.2) is 0 Å². The number of aromatic nitrogens is 1. The Hall–Kier alpha value is -0.320. The number of hydrogen-bond acceptors (Lipinski definition) is 1. The van der Waals surface area contributed by atoms with E-state index in [1.165, 1.54) is 4.68 Å². The Balaban J connectivity index is 0.000000490. The molecule has 8 heavy (non-hydrogen) atoms. The third kappa shape index (κ3) is 2.11. The topological polar surface area (TPSA) is 29.9 Å². The van der Waals surface area contributed by atoms with Gasteiger partial charge in [0.25, 0.3) is 0 Å². The molecule has 0 aliphatic carbocycles. The van der Waals surface area contributed by atoms with Crippen molar-refractivity contribution in [2.45, 2.75) is 0 Å². The third-order valence-electron chi connectivity index (χ3n) is 0.739. The molecule has 0 aliphatic heterocycles. The largest absolute Gasteiger partial charge is 1.00 e. The van der Waals surface area contributed by atoms with Crippen LogP contribution in [0, 0.1) is 0 Å². The van der Waals surface area contributed by atoms with Crippen LogP contribution in [0.5, 0.6) is 0 Å². The first-order chi connectivity index (χ1) is 3.39. The summed E-state index contributed by atoms with van der Waals surface area (Å²) in [4.78, 5) is 0. The zero-order valence-corrected chi connectivity index (χ0v) is 6.45. The van der Waals surface area contributed by atoms with Crippen LogP contribution in [0.3, 0.4) is 0 Å². The predicted octanol–water partition coefficient (Wildman–Crippen LogP) is -3.31. The zero-order chi connectivity index (χ0) is 5.11. The minimum absolute atomic E-state index is 0. The van der Waals surface area contributed by atoms with E-state index in [9.17, 15) is 0 Å². The highest BCUT2D eigenvalue weighted by Gasteiger charge is 1.79. The van der Waals surface area contributed by atoms with Crippen LogP contribution in [0.4, 0.5) is 0 Å². The van der Waals surface area contributed by atoms with Gasteiger partial charge in [0.2, 0.25) is 0 Å². The summed E-state index contributed by atoms with van der Waals surface area (Å²) in [5.74, 6) is 5.27. The summed E-state index contributed by atoms with van der Waals surface area (Å²) in [6.07, 6.45) is 3.56. The van der Waals surface area contributed by atoms with Gasteiger partial charge in [0.15, 0.2) is 12.4 Å². The van der Waals surface area contributed by atoms with Gasteiger partial charge in [0.05, 0.1) is 0 Å². The number of nitrogens with zero attached hydrogens (tertiary/aromatic N) is 1. The molecule has 0 amide bonds. The monoisotopic (exact) mass is 222 g/mol. The number of rotatable bonds is 0. The molecule has 0 atom stereocenters. The maximum Gasteiger partial charge on any atom is 0.199 e. The van der Waals surface area contributed by atoms with Gasteiger partial charge < -0.3 is 24.0 Å². The molecule has 2 N–H and O–H groups in total. The average Bonchev–Trinajstić information content (AvgIpc) is 1.69. The van der Waals surface area contributed by atoms with E-state index in [1.54, 1.807) is 12.4 Å². The lowest BCUT2D eigenvalue weighted by Crippen LogP contribution is -3.00. The summed E-state index contributed by atoms with van der Waals surface area (Å²) in [5, 5.41) is 0. The van der Waals surface area contributed by atoms with E-state index in [1.807, 2.05) is 18.2 Å². The zero-order valence-electron chi connectivity index (χ0n) is 4.29. The van der Waals surface area contributed by atoms with E-state index in [2.05, 4.69) is 0 Å². The van der Waals surface area contributed by atoms with E-state index in [4.69, 9.17) is 5.84 Å². The maximum atomic E-state index is 5.27. The van der Waals surface area contributed by atoms with Crippen LogP contribution in [0.15, 0.2) is 30.6 Å². The molecule has 0 spiro atoms. The lowest BCUT2D eigenvalue weighted by Gasteiger charge is -1.76. The van der Waals surface area contributed by atoms with Crippen LogP contribution in [0.1, 0.15) is 0 Å². The molecular formula is C5H7IN2. The number of hydrogen-bond donors (Lipinski definition) is 1. The Bertz CT molecular complexity index is 140. The van der Waals surface area contributed by atoms with Crippen molar-refractivity contribution in [3.63, 3.8) is 0 Å². The summed E-state index contributed by atoms with van der Waals surface area (Å²) in [7, 11) is 0. The smallest absolute Gasteiger partial charge is 0.199 e. The summed E-state index contributed by atoms with van der Waals surface area (Å²) >= 11 is 0. The van der Waals surface area contributed by atoms with Crippen LogP contribution in [-0.2, 0) is 0 Å². The molecule has 0 saturated carbocycles. The van der Waals surface area contributed by atoms with Crippen molar-refractivity contribution >= 4 is 0 Å². The van der Waals surface area contributed by atoms with Crippen LogP contribution in [0.2, 0.25) is 0 Å². The van der Waals surface area contributed by atoms with Gasteiger partial charge in [-0.1, -0.05) is 10.7 Å². The van der Waals surface area contributed by atoms with Gasteiger partial charge in [-0.25, -0.2) is 5.84 Å². The molecule has 1 heterocycles. The van der Waals surface area contributed by atoms with E-state index < -0.39 is 0 Å². The molecule has 0 aromatic carbocycles. The summed E-state index contributed by atoms with van der Waals surface area (Å²) < 4.78 is 1.50.